The molecule has 0 bridgehead atoms. The molecule has 2 heterocycles. The van der Waals surface area contributed by atoms with Gasteiger partial charge in [0.25, 0.3) is 0 Å². The highest BCUT2D eigenvalue weighted by atomic mass is 32.1. The zero-order valence-corrected chi connectivity index (χ0v) is 40.1. The first-order valence-electron chi connectivity index (χ1n) is 22.2. The van der Waals surface area contributed by atoms with Crippen LogP contribution in [-0.2, 0) is 6.42 Å². The topological polar surface area (TPSA) is 71.4 Å². The third-order valence-corrected chi connectivity index (χ3v) is 12.3. The van der Waals surface area contributed by atoms with Gasteiger partial charge in [-0.05, 0) is 123 Å². The van der Waals surface area contributed by atoms with Crippen molar-refractivity contribution in [1.82, 2.24) is 14.8 Å². The summed E-state index contributed by atoms with van der Waals surface area (Å²) in [4.78, 5) is 10.2. The highest BCUT2D eigenvalue weighted by molar-refractivity contribution is 7.09. The lowest BCUT2D eigenvalue weighted by molar-refractivity contribution is 0.173. The number of nitrogens with two attached hydrogens (primary N) is 2. The summed E-state index contributed by atoms with van der Waals surface area (Å²) < 4.78 is 0. The fraction of sp³-hybridized carbons (Fsp3) is 0.596. The molecule has 0 spiro atoms. The van der Waals surface area contributed by atoms with E-state index in [-0.39, 0.29) is 0 Å². The molecule has 6 heteroatoms. The third-order valence-electron chi connectivity index (χ3n) is 11.2. The van der Waals surface area contributed by atoms with Crippen molar-refractivity contribution >= 4 is 11.3 Å². The van der Waals surface area contributed by atoms with E-state index < -0.39 is 0 Å². The minimum Gasteiger partial charge on any atom is -0.405 e. The van der Waals surface area contributed by atoms with Gasteiger partial charge in [0.2, 0.25) is 0 Å². The van der Waals surface area contributed by atoms with Gasteiger partial charge in [0.1, 0.15) is 0 Å². The molecule has 0 radical (unpaired) electrons. The summed E-state index contributed by atoms with van der Waals surface area (Å²) in [7, 11) is 4.41. The number of aryl methyl sites for hydroxylation is 1. The molecule has 3 rings (SSSR count). The second kappa shape index (κ2) is 31.7. The molecule has 0 saturated carbocycles. The van der Waals surface area contributed by atoms with Crippen molar-refractivity contribution in [3.63, 3.8) is 0 Å². The van der Waals surface area contributed by atoms with Crippen molar-refractivity contribution in [2.24, 2.45) is 23.3 Å². The molecule has 1 aromatic carbocycles. The maximum absolute atomic E-state index is 5.62. The van der Waals surface area contributed by atoms with Crippen LogP contribution in [0.25, 0.3) is 0 Å². The number of likely N-dealkylation sites (tertiary alicyclic amines) is 1. The summed E-state index contributed by atoms with van der Waals surface area (Å²) in [6, 6.07) is 9.96. The average molecular weight is 816 g/mol. The van der Waals surface area contributed by atoms with Crippen molar-refractivity contribution in [2.75, 3.05) is 27.2 Å². The molecule has 2 aromatic rings. The number of aromatic nitrogens is 1. The lowest BCUT2D eigenvalue weighted by Gasteiger charge is -2.34. The molecule has 5 atom stereocenters. The summed E-state index contributed by atoms with van der Waals surface area (Å²) >= 11 is 1.86. The number of unbranched alkanes of at least 4 members (excludes halogenated alkanes) is 2. The third kappa shape index (κ3) is 23.4. The van der Waals surface area contributed by atoms with E-state index in [1.807, 2.05) is 17.4 Å². The number of hydrogen-bond acceptors (Lipinski definition) is 6. The van der Waals surface area contributed by atoms with Gasteiger partial charge < -0.3 is 16.4 Å². The molecule has 328 valence electrons. The Balaban J connectivity index is 0.00000139. The van der Waals surface area contributed by atoms with Gasteiger partial charge in [-0.15, -0.1) is 24.5 Å². The van der Waals surface area contributed by atoms with Gasteiger partial charge in [-0.1, -0.05) is 139 Å². The molecule has 5 nitrogen and oxygen atoms in total. The van der Waals surface area contributed by atoms with E-state index in [0.717, 1.165) is 50.8 Å². The Labute approximate surface area is 363 Å². The number of hydrogen-bond donors (Lipinski definition) is 2. The quantitative estimate of drug-likeness (QED) is 0.0915. The fourth-order valence-electron chi connectivity index (χ4n) is 7.44. The number of rotatable bonds is 22. The van der Waals surface area contributed by atoms with Crippen LogP contribution < -0.4 is 11.5 Å². The molecule has 1 aliphatic heterocycles. The van der Waals surface area contributed by atoms with E-state index in [9.17, 15) is 0 Å². The van der Waals surface area contributed by atoms with Gasteiger partial charge in [-0.3, -0.25) is 4.90 Å². The predicted molar refractivity (Wildman–Crippen MR) is 263 cm³/mol. The predicted octanol–water partition coefficient (Wildman–Crippen LogP) is 13.9. The summed E-state index contributed by atoms with van der Waals surface area (Å²) in [5.74, 6) is 1.84. The summed E-state index contributed by atoms with van der Waals surface area (Å²) in [6.07, 6.45) is 18.4. The van der Waals surface area contributed by atoms with Crippen molar-refractivity contribution in [3.8, 4) is 0 Å². The molecule has 4 N–H and O–H groups in total. The fourth-order valence-corrected chi connectivity index (χ4v) is 8.45. The highest BCUT2D eigenvalue weighted by Crippen LogP contribution is 2.37. The number of benzene rings is 1. The van der Waals surface area contributed by atoms with E-state index in [0.29, 0.717) is 35.8 Å². The first kappa shape index (κ1) is 54.8. The molecule has 1 aromatic heterocycles. The summed E-state index contributed by atoms with van der Waals surface area (Å²) in [5.41, 5.74) is 18.9. The van der Waals surface area contributed by atoms with Gasteiger partial charge in [0.15, 0.2) is 0 Å². The van der Waals surface area contributed by atoms with Crippen LogP contribution in [0.3, 0.4) is 0 Å². The van der Waals surface area contributed by atoms with Gasteiger partial charge in [0, 0.05) is 41.5 Å². The van der Waals surface area contributed by atoms with E-state index in [4.69, 9.17) is 10.7 Å². The molecule has 5 unspecified atom stereocenters. The Bertz CT molecular complexity index is 1450. The Morgan fingerprint density at radius 1 is 0.983 bits per heavy atom. The van der Waals surface area contributed by atoms with E-state index in [1.165, 1.54) is 96.2 Å². The number of thiazole rings is 1. The van der Waals surface area contributed by atoms with Crippen LogP contribution in [0, 0.1) is 18.8 Å². The minimum atomic E-state index is 0.392. The molecule has 1 fully saturated rings. The SMILES string of the molecule is C=C(C)CC(CC(C(C)C)N(C)CCC(=C)CCC)c1nc(C(Cc2ccc(C)cc2)CC(C)C(=C)C)cs1.C=C(N)C1CCCCN1C.C=CCCCC.C=CN. The number of likely N-dealkylation sites (N-methyl/N-ethyl adjacent to an activating group) is 1. The maximum atomic E-state index is 5.62. The van der Waals surface area contributed by atoms with Gasteiger partial charge in [-0.2, -0.15) is 0 Å². The lowest BCUT2D eigenvalue weighted by Crippen LogP contribution is -2.39. The monoisotopic (exact) mass is 816 g/mol. The zero-order chi connectivity index (χ0) is 44.2. The molecule has 1 aliphatic rings. The van der Waals surface area contributed by atoms with Crippen molar-refractivity contribution in [3.05, 3.63) is 126 Å². The van der Waals surface area contributed by atoms with Gasteiger partial charge in [0.05, 0.1) is 10.7 Å². The second-order valence-electron chi connectivity index (χ2n) is 17.3. The smallest absolute Gasteiger partial charge is 0.0963 e. The maximum Gasteiger partial charge on any atom is 0.0963 e. The summed E-state index contributed by atoms with van der Waals surface area (Å²) in [5, 5.41) is 3.62. The molecule has 58 heavy (non-hydrogen) atoms. The van der Waals surface area contributed by atoms with Crippen LogP contribution in [0.1, 0.15) is 159 Å². The average Bonchev–Trinajstić information content (AvgIpc) is 3.66. The van der Waals surface area contributed by atoms with Crippen LogP contribution in [0.15, 0.2) is 104 Å². The van der Waals surface area contributed by atoms with Gasteiger partial charge in [-0.25, -0.2) is 4.98 Å². The Hall–Kier alpha value is -3.19. The van der Waals surface area contributed by atoms with E-state index >= 15 is 0 Å². The van der Waals surface area contributed by atoms with Gasteiger partial charge >= 0.3 is 0 Å². The van der Waals surface area contributed by atoms with E-state index in [1.54, 1.807) is 0 Å². The van der Waals surface area contributed by atoms with Crippen molar-refractivity contribution in [2.45, 2.75) is 163 Å². The first-order chi connectivity index (χ1) is 27.4. The van der Waals surface area contributed by atoms with E-state index in [2.05, 4.69) is 154 Å². The molecule has 0 aliphatic carbocycles. The number of nitrogens with zero attached hydrogens (tertiary/aromatic N) is 3. The second-order valence-corrected chi connectivity index (χ2v) is 18.2. The normalized spacial score (nSPS) is 15.9. The molecular weight excluding hydrogens is 727 g/mol. The molecule has 1 saturated heterocycles. The lowest BCUT2D eigenvalue weighted by atomic mass is 9.85. The van der Waals surface area contributed by atoms with Crippen LogP contribution in [0.2, 0.25) is 0 Å². The van der Waals surface area contributed by atoms with Crippen LogP contribution in [0.5, 0.6) is 0 Å². The van der Waals surface area contributed by atoms with Crippen LogP contribution >= 0.6 is 11.3 Å². The first-order valence-corrected chi connectivity index (χ1v) is 23.1. The Morgan fingerprint density at radius 2 is 1.62 bits per heavy atom. The Morgan fingerprint density at radius 3 is 2.09 bits per heavy atom. The number of piperidine rings is 1. The minimum absolute atomic E-state index is 0.392. The molecular formula is C52H89N5S. The van der Waals surface area contributed by atoms with Crippen LogP contribution in [-0.4, -0.2) is 54.1 Å². The van der Waals surface area contributed by atoms with Crippen molar-refractivity contribution < 1.29 is 0 Å². The van der Waals surface area contributed by atoms with Crippen LogP contribution in [0.4, 0.5) is 0 Å². The largest absolute Gasteiger partial charge is 0.405 e. The van der Waals surface area contributed by atoms with Crippen molar-refractivity contribution in [1.29, 1.82) is 0 Å². The summed E-state index contributed by atoms with van der Waals surface area (Å²) in [6.45, 7) is 43.5. The Kier molecular flexibility index (Phi) is 30.0. The molecule has 0 amide bonds. The highest BCUT2D eigenvalue weighted by Gasteiger charge is 2.28. The number of allylic oxidation sites excluding steroid dienone is 3. The standard InChI is InChI=1S/C36H56N2S.C8H16N2.C6H12.C2H5N/c1-12-13-28(8)18-19-38(11)35(27(6)7)23-33(20-25(2)3)36-37-34(24-39-36)32(21-30(10)26(4)5)22-31-16-14-29(9)15-17-31;1-7(9)8-5-3-4-6-10(8)2;1-3-5-6-4-2;1-2-3/h14-17,24,27,30,32-33,35H,2,4,8,12-13,18-23H2,1,3,5-7,9-11H3;8H,1,3-6,9H2,2H3;3H,1,4-6H2,2H3;2H,1,3H2. The zero-order valence-electron chi connectivity index (χ0n) is 39.3.